The van der Waals surface area contributed by atoms with Crippen molar-refractivity contribution in [2.45, 2.75) is 13.3 Å². The fourth-order valence-electron chi connectivity index (χ4n) is 2.61. The van der Waals surface area contributed by atoms with Crippen molar-refractivity contribution in [3.8, 4) is 11.1 Å². The van der Waals surface area contributed by atoms with Gasteiger partial charge in [0.2, 0.25) is 0 Å². The van der Waals surface area contributed by atoms with Crippen LogP contribution in [0, 0.1) is 0 Å². The van der Waals surface area contributed by atoms with Crippen LogP contribution < -0.4 is 5.56 Å². The van der Waals surface area contributed by atoms with Crippen LogP contribution in [-0.4, -0.2) is 4.57 Å². The highest BCUT2D eigenvalue weighted by molar-refractivity contribution is 5.94. The molecule has 0 saturated carbocycles. The van der Waals surface area contributed by atoms with E-state index in [1.807, 2.05) is 25.2 Å². The zero-order valence-corrected chi connectivity index (χ0v) is 11.8. The molecular formula is C18H17NO. The van der Waals surface area contributed by atoms with E-state index in [4.69, 9.17) is 0 Å². The zero-order valence-electron chi connectivity index (χ0n) is 11.8. The third kappa shape index (κ3) is 2.03. The minimum atomic E-state index is 0.0283. The smallest absolute Gasteiger partial charge is 0.251 e. The first-order chi connectivity index (χ1) is 9.70. The summed E-state index contributed by atoms with van der Waals surface area (Å²) in [5.74, 6) is 0. The standard InChI is InChI=1S/C18H17NO/c1-3-13-7-6-8-14(11-13)16-12-18(20)19(2)17-10-5-4-9-15(16)17/h4-12H,3H2,1-2H3. The van der Waals surface area contributed by atoms with Gasteiger partial charge in [-0.2, -0.15) is 0 Å². The lowest BCUT2D eigenvalue weighted by molar-refractivity contribution is 0.907. The largest absolute Gasteiger partial charge is 0.311 e. The number of hydrogen-bond donors (Lipinski definition) is 0. The second kappa shape index (κ2) is 4.97. The highest BCUT2D eigenvalue weighted by Crippen LogP contribution is 2.27. The third-order valence-electron chi connectivity index (χ3n) is 3.80. The highest BCUT2D eigenvalue weighted by Gasteiger charge is 2.08. The molecule has 0 bridgehead atoms. The fraction of sp³-hybridized carbons (Fsp3) is 0.167. The summed E-state index contributed by atoms with van der Waals surface area (Å²) in [6.07, 6.45) is 0.997. The summed E-state index contributed by atoms with van der Waals surface area (Å²) in [6, 6.07) is 18.2. The van der Waals surface area contributed by atoms with Crippen LogP contribution in [-0.2, 0) is 13.5 Å². The van der Waals surface area contributed by atoms with Gasteiger partial charge in [-0.1, -0.05) is 49.4 Å². The number of nitrogens with zero attached hydrogens (tertiary/aromatic N) is 1. The van der Waals surface area contributed by atoms with Crippen molar-refractivity contribution in [3.63, 3.8) is 0 Å². The Hall–Kier alpha value is -2.35. The van der Waals surface area contributed by atoms with Crippen molar-refractivity contribution >= 4 is 10.9 Å². The van der Waals surface area contributed by atoms with Crippen LogP contribution in [0.3, 0.4) is 0 Å². The summed E-state index contributed by atoms with van der Waals surface area (Å²) < 4.78 is 1.70. The number of fused-ring (bicyclic) bond motifs is 1. The van der Waals surface area contributed by atoms with Gasteiger partial charge in [0.25, 0.3) is 5.56 Å². The van der Waals surface area contributed by atoms with Crippen molar-refractivity contribution in [3.05, 3.63) is 70.5 Å². The molecule has 0 radical (unpaired) electrons. The zero-order chi connectivity index (χ0) is 14.1. The molecule has 0 aliphatic carbocycles. The molecule has 0 amide bonds. The van der Waals surface area contributed by atoms with E-state index in [1.165, 1.54) is 5.56 Å². The Bertz CT molecular complexity index is 830. The molecule has 3 rings (SSSR count). The molecule has 0 fully saturated rings. The maximum atomic E-state index is 12.1. The quantitative estimate of drug-likeness (QED) is 0.690. The van der Waals surface area contributed by atoms with E-state index in [-0.39, 0.29) is 5.56 Å². The van der Waals surface area contributed by atoms with E-state index in [9.17, 15) is 4.79 Å². The SMILES string of the molecule is CCc1cccc(-c2cc(=O)n(C)c3ccccc23)c1. The maximum absolute atomic E-state index is 12.1. The molecule has 0 aliphatic rings. The number of para-hydroxylation sites is 1. The van der Waals surface area contributed by atoms with Gasteiger partial charge in [-0.15, -0.1) is 0 Å². The molecule has 0 aliphatic heterocycles. The second-order valence-electron chi connectivity index (χ2n) is 5.03. The number of aromatic nitrogens is 1. The Labute approximate surface area is 118 Å². The van der Waals surface area contributed by atoms with Crippen LogP contribution in [0.1, 0.15) is 12.5 Å². The van der Waals surface area contributed by atoms with Gasteiger partial charge in [0.1, 0.15) is 0 Å². The van der Waals surface area contributed by atoms with Gasteiger partial charge in [0.05, 0.1) is 5.52 Å². The van der Waals surface area contributed by atoms with Crippen molar-refractivity contribution in [1.29, 1.82) is 0 Å². The number of hydrogen-bond acceptors (Lipinski definition) is 1. The first-order valence-electron chi connectivity index (χ1n) is 6.89. The Morgan fingerprint density at radius 2 is 1.80 bits per heavy atom. The number of benzene rings is 2. The molecule has 0 saturated heterocycles. The Balaban J connectivity index is 2.36. The third-order valence-corrected chi connectivity index (χ3v) is 3.80. The molecule has 2 aromatic carbocycles. The van der Waals surface area contributed by atoms with Gasteiger partial charge in [-0.05, 0) is 29.2 Å². The van der Waals surface area contributed by atoms with Crippen molar-refractivity contribution in [1.82, 2.24) is 4.57 Å². The van der Waals surface area contributed by atoms with Gasteiger partial charge in [0.15, 0.2) is 0 Å². The van der Waals surface area contributed by atoms with Crippen LogP contribution in [0.4, 0.5) is 0 Å². The molecule has 1 heterocycles. The topological polar surface area (TPSA) is 22.0 Å². The predicted molar refractivity (Wildman–Crippen MR) is 84.0 cm³/mol. The summed E-state index contributed by atoms with van der Waals surface area (Å²) >= 11 is 0. The average Bonchev–Trinajstić information content (AvgIpc) is 2.51. The van der Waals surface area contributed by atoms with E-state index in [1.54, 1.807) is 10.6 Å². The molecule has 20 heavy (non-hydrogen) atoms. The lowest BCUT2D eigenvalue weighted by atomic mass is 9.99. The summed E-state index contributed by atoms with van der Waals surface area (Å²) in [4.78, 5) is 12.1. The Morgan fingerprint density at radius 3 is 2.60 bits per heavy atom. The number of rotatable bonds is 2. The Morgan fingerprint density at radius 1 is 1.00 bits per heavy atom. The van der Waals surface area contributed by atoms with Crippen LogP contribution in [0.15, 0.2) is 59.4 Å². The van der Waals surface area contributed by atoms with Crippen LogP contribution in [0.2, 0.25) is 0 Å². The molecule has 100 valence electrons. The highest BCUT2D eigenvalue weighted by atomic mass is 16.1. The van der Waals surface area contributed by atoms with Crippen LogP contribution >= 0.6 is 0 Å². The lowest BCUT2D eigenvalue weighted by Gasteiger charge is -2.11. The first-order valence-corrected chi connectivity index (χ1v) is 6.89. The predicted octanol–water partition coefficient (Wildman–Crippen LogP) is 3.77. The Kier molecular flexibility index (Phi) is 3.15. The minimum Gasteiger partial charge on any atom is -0.311 e. The minimum absolute atomic E-state index is 0.0283. The summed E-state index contributed by atoms with van der Waals surface area (Å²) in [6.45, 7) is 2.14. The molecule has 0 atom stereocenters. The normalized spacial score (nSPS) is 10.9. The summed E-state index contributed by atoms with van der Waals surface area (Å²) in [5, 5.41) is 1.11. The molecule has 2 nitrogen and oxygen atoms in total. The van der Waals surface area contributed by atoms with Gasteiger partial charge in [0, 0.05) is 18.5 Å². The number of aryl methyl sites for hydroxylation is 2. The van der Waals surface area contributed by atoms with Crippen molar-refractivity contribution in [2.24, 2.45) is 7.05 Å². The molecule has 0 spiro atoms. The number of pyridine rings is 1. The summed E-state index contributed by atoms with van der Waals surface area (Å²) in [7, 11) is 1.82. The van der Waals surface area contributed by atoms with Gasteiger partial charge >= 0.3 is 0 Å². The van der Waals surface area contributed by atoms with Crippen LogP contribution in [0.25, 0.3) is 22.0 Å². The van der Waals surface area contributed by atoms with Gasteiger partial charge in [-0.3, -0.25) is 4.79 Å². The monoisotopic (exact) mass is 263 g/mol. The second-order valence-corrected chi connectivity index (χ2v) is 5.03. The molecule has 2 heteroatoms. The van der Waals surface area contributed by atoms with Gasteiger partial charge < -0.3 is 4.57 Å². The van der Waals surface area contributed by atoms with E-state index < -0.39 is 0 Å². The maximum Gasteiger partial charge on any atom is 0.251 e. The van der Waals surface area contributed by atoms with E-state index in [0.717, 1.165) is 28.5 Å². The lowest BCUT2D eigenvalue weighted by Crippen LogP contribution is -2.16. The molecule has 0 N–H and O–H groups in total. The average molecular weight is 263 g/mol. The van der Waals surface area contributed by atoms with E-state index in [0.29, 0.717) is 0 Å². The van der Waals surface area contributed by atoms with Gasteiger partial charge in [-0.25, -0.2) is 0 Å². The molecule has 0 unspecified atom stereocenters. The van der Waals surface area contributed by atoms with E-state index in [2.05, 4.69) is 37.3 Å². The molecule has 1 aromatic heterocycles. The van der Waals surface area contributed by atoms with E-state index >= 15 is 0 Å². The van der Waals surface area contributed by atoms with Crippen molar-refractivity contribution < 1.29 is 0 Å². The van der Waals surface area contributed by atoms with Crippen LogP contribution in [0.5, 0.6) is 0 Å². The first kappa shape index (κ1) is 12.7. The molecular weight excluding hydrogens is 246 g/mol. The van der Waals surface area contributed by atoms with Crippen molar-refractivity contribution in [2.75, 3.05) is 0 Å². The molecule has 3 aromatic rings. The summed E-state index contributed by atoms with van der Waals surface area (Å²) in [5.41, 5.74) is 4.40. The fourth-order valence-corrected chi connectivity index (χ4v) is 2.61.